The number of hydrogen-bond donors (Lipinski definition) is 1. The van der Waals surface area contributed by atoms with Crippen LogP contribution in [0.3, 0.4) is 0 Å². The second-order valence-electron chi connectivity index (χ2n) is 4.10. The molecular formula is C13H10N4OS2. The van der Waals surface area contributed by atoms with Crippen molar-refractivity contribution in [2.75, 3.05) is 0 Å². The molecule has 0 spiro atoms. The van der Waals surface area contributed by atoms with Crippen LogP contribution < -0.4 is 5.32 Å². The van der Waals surface area contributed by atoms with Crippen LogP contribution in [0.15, 0.2) is 39.5 Å². The Hall–Kier alpha value is -1.99. The van der Waals surface area contributed by atoms with Crippen molar-refractivity contribution in [1.82, 2.24) is 14.9 Å². The van der Waals surface area contributed by atoms with Gasteiger partial charge in [0.1, 0.15) is 0 Å². The Morgan fingerprint density at radius 1 is 1.35 bits per heavy atom. The number of hydrogen-bond acceptors (Lipinski definition) is 6. The van der Waals surface area contributed by atoms with Crippen LogP contribution in [-0.2, 0) is 4.79 Å². The molecule has 2 aromatic rings. The highest BCUT2D eigenvalue weighted by Gasteiger charge is 2.24. The van der Waals surface area contributed by atoms with E-state index in [0.29, 0.717) is 15.8 Å². The second-order valence-corrected chi connectivity index (χ2v) is 5.74. The zero-order valence-electron chi connectivity index (χ0n) is 10.5. The quantitative estimate of drug-likeness (QED) is 0.866. The number of para-hydroxylation sites is 1. The molecule has 0 saturated carbocycles. The van der Waals surface area contributed by atoms with Gasteiger partial charge in [0, 0.05) is 5.38 Å². The Morgan fingerprint density at radius 3 is 2.95 bits per heavy atom. The van der Waals surface area contributed by atoms with Gasteiger partial charge in [0.2, 0.25) is 0 Å². The summed E-state index contributed by atoms with van der Waals surface area (Å²) >= 11 is 2.56. The third-order valence-electron chi connectivity index (χ3n) is 2.64. The van der Waals surface area contributed by atoms with Crippen molar-refractivity contribution in [2.45, 2.75) is 6.92 Å². The number of nitrogens with one attached hydrogen (secondary N) is 1. The smallest absolute Gasteiger partial charge is 0.264 e. The number of nitrogens with zero attached hydrogens (tertiary/aromatic N) is 3. The molecule has 2 heterocycles. The molecule has 1 aromatic heterocycles. The average Bonchev–Trinajstić information content (AvgIpc) is 3.04. The van der Waals surface area contributed by atoms with Crippen molar-refractivity contribution >= 4 is 46.1 Å². The van der Waals surface area contributed by atoms with Gasteiger partial charge in [-0.15, -0.1) is 5.10 Å². The predicted molar refractivity (Wildman–Crippen MR) is 81.9 cm³/mol. The van der Waals surface area contributed by atoms with Crippen LogP contribution in [0.1, 0.15) is 11.3 Å². The first kappa shape index (κ1) is 13.0. The molecule has 0 atom stereocenters. The molecule has 7 heteroatoms. The van der Waals surface area contributed by atoms with Gasteiger partial charge in [0.25, 0.3) is 5.91 Å². The lowest BCUT2D eigenvalue weighted by atomic mass is 10.2. The monoisotopic (exact) mass is 302 g/mol. The first-order valence-corrected chi connectivity index (χ1v) is 7.50. The van der Waals surface area contributed by atoms with Gasteiger partial charge >= 0.3 is 0 Å². The number of thioether (sulfide) groups is 1. The maximum absolute atomic E-state index is 11.9. The molecule has 1 fully saturated rings. The fourth-order valence-corrected chi connectivity index (χ4v) is 2.88. The van der Waals surface area contributed by atoms with Crippen molar-refractivity contribution in [1.29, 1.82) is 0 Å². The third kappa shape index (κ3) is 2.78. The Morgan fingerprint density at radius 2 is 2.20 bits per heavy atom. The van der Waals surface area contributed by atoms with Crippen molar-refractivity contribution in [3.63, 3.8) is 0 Å². The maximum atomic E-state index is 11.9. The Kier molecular flexibility index (Phi) is 3.62. The number of rotatable bonds is 2. The second kappa shape index (κ2) is 5.56. The maximum Gasteiger partial charge on any atom is 0.264 e. The van der Waals surface area contributed by atoms with Crippen molar-refractivity contribution < 1.29 is 4.79 Å². The molecule has 1 aliphatic heterocycles. The number of carbonyl (C=O) groups excluding carboxylic acids is 1. The van der Waals surface area contributed by atoms with Crippen LogP contribution in [0.2, 0.25) is 0 Å². The molecule has 0 aliphatic carbocycles. The molecule has 3 rings (SSSR count). The fourth-order valence-electron chi connectivity index (χ4n) is 1.65. The van der Waals surface area contributed by atoms with Gasteiger partial charge in [-0.1, -0.05) is 22.7 Å². The van der Waals surface area contributed by atoms with Crippen LogP contribution in [-0.4, -0.2) is 20.7 Å². The molecular weight excluding hydrogens is 292 g/mol. The van der Waals surface area contributed by atoms with E-state index in [1.165, 1.54) is 23.3 Å². The van der Waals surface area contributed by atoms with Gasteiger partial charge in [-0.3, -0.25) is 4.79 Å². The van der Waals surface area contributed by atoms with Gasteiger partial charge in [0.15, 0.2) is 5.17 Å². The van der Waals surface area contributed by atoms with E-state index in [1.807, 2.05) is 31.2 Å². The number of benzene rings is 1. The minimum atomic E-state index is -0.157. The summed E-state index contributed by atoms with van der Waals surface area (Å²) in [5.41, 5.74) is 2.60. The van der Waals surface area contributed by atoms with Crippen molar-refractivity contribution in [3.8, 4) is 0 Å². The Bertz CT molecular complexity index is 707. The number of aryl methyl sites for hydroxylation is 1. The lowest BCUT2D eigenvalue weighted by Gasteiger charge is -1.99. The lowest BCUT2D eigenvalue weighted by Crippen LogP contribution is -2.19. The number of aromatic nitrogens is 2. The standard InChI is InChI=1S/C13H10N4OS2/c1-8-4-2-3-5-10(8)14-13-15-12(18)11(20-13)6-9-7-19-17-16-9/h2-7H,1H3,(H,14,15,18). The van der Waals surface area contributed by atoms with Crippen LogP contribution in [0, 0.1) is 6.92 Å². The van der Waals surface area contributed by atoms with Crippen LogP contribution in [0.25, 0.3) is 6.08 Å². The summed E-state index contributed by atoms with van der Waals surface area (Å²) in [6, 6.07) is 7.78. The summed E-state index contributed by atoms with van der Waals surface area (Å²) in [5, 5.41) is 9.02. The number of amidine groups is 1. The van der Waals surface area contributed by atoms with Crippen LogP contribution in [0.5, 0.6) is 0 Å². The van der Waals surface area contributed by atoms with E-state index in [-0.39, 0.29) is 5.91 Å². The van der Waals surface area contributed by atoms with E-state index in [9.17, 15) is 4.79 Å². The van der Waals surface area contributed by atoms with Gasteiger partial charge in [0.05, 0.1) is 16.3 Å². The highest BCUT2D eigenvalue weighted by atomic mass is 32.2. The third-order valence-corrected chi connectivity index (χ3v) is 4.08. The van der Waals surface area contributed by atoms with E-state index in [4.69, 9.17) is 0 Å². The van der Waals surface area contributed by atoms with Crippen molar-refractivity contribution in [3.05, 3.63) is 45.8 Å². The van der Waals surface area contributed by atoms with Gasteiger partial charge in [-0.25, -0.2) is 4.99 Å². The topological polar surface area (TPSA) is 67.2 Å². The summed E-state index contributed by atoms with van der Waals surface area (Å²) in [6.07, 6.45) is 1.71. The zero-order chi connectivity index (χ0) is 13.9. The number of carbonyl (C=O) groups is 1. The summed E-state index contributed by atoms with van der Waals surface area (Å²) < 4.78 is 3.76. The molecule has 1 amide bonds. The van der Waals surface area contributed by atoms with Crippen molar-refractivity contribution in [2.24, 2.45) is 4.99 Å². The first-order valence-electron chi connectivity index (χ1n) is 5.84. The Balaban J connectivity index is 1.85. The van der Waals surface area contributed by atoms with Crippen LogP contribution in [0.4, 0.5) is 5.69 Å². The highest BCUT2D eigenvalue weighted by Crippen LogP contribution is 2.28. The number of amides is 1. The van der Waals surface area contributed by atoms with E-state index < -0.39 is 0 Å². The SMILES string of the molecule is Cc1ccccc1N=C1NC(=O)C(=Cc2csnn2)S1. The molecule has 1 aromatic carbocycles. The normalized spacial score (nSPS) is 18.8. The average molecular weight is 302 g/mol. The fraction of sp³-hybridized carbons (Fsp3) is 0.0769. The summed E-state index contributed by atoms with van der Waals surface area (Å²) in [7, 11) is 0. The van der Waals surface area contributed by atoms with Gasteiger partial charge in [-0.2, -0.15) is 0 Å². The lowest BCUT2D eigenvalue weighted by molar-refractivity contribution is -0.115. The van der Waals surface area contributed by atoms with E-state index in [0.717, 1.165) is 11.3 Å². The minimum Gasteiger partial charge on any atom is -0.300 e. The van der Waals surface area contributed by atoms with Gasteiger partial charge < -0.3 is 5.32 Å². The predicted octanol–water partition coefficient (Wildman–Crippen LogP) is 2.74. The molecule has 1 saturated heterocycles. The molecule has 100 valence electrons. The molecule has 0 unspecified atom stereocenters. The van der Waals surface area contributed by atoms with Crippen LogP contribution >= 0.6 is 23.3 Å². The molecule has 0 radical (unpaired) electrons. The molecule has 1 N–H and O–H groups in total. The molecule has 20 heavy (non-hydrogen) atoms. The summed E-state index contributed by atoms with van der Waals surface area (Å²) in [4.78, 5) is 16.9. The molecule has 0 bridgehead atoms. The minimum absolute atomic E-state index is 0.157. The van der Waals surface area contributed by atoms with E-state index in [1.54, 1.807) is 11.5 Å². The summed E-state index contributed by atoms with van der Waals surface area (Å²) in [5.74, 6) is -0.157. The van der Waals surface area contributed by atoms with E-state index >= 15 is 0 Å². The van der Waals surface area contributed by atoms with E-state index in [2.05, 4.69) is 19.9 Å². The Labute approximate surface area is 124 Å². The van der Waals surface area contributed by atoms with Gasteiger partial charge in [-0.05, 0) is 47.9 Å². The molecule has 5 nitrogen and oxygen atoms in total. The zero-order valence-corrected chi connectivity index (χ0v) is 12.2. The molecule has 1 aliphatic rings. The highest BCUT2D eigenvalue weighted by molar-refractivity contribution is 8.18. The first-order chi connectivity index (χ1) is 9.72. The largest absolute Gasteiger partial charge is 0.300 e. The summed E-state index contributed by atoms with van der Waals surface area (Å²) in [6.45, 7) is 1.98. The number of aliphatic imine (C=N–C) groups is 1.